The van der Waals surface area contributed by atoms with Crippen molar-refractivity contribution in [1.82, 2.24) is 9.55 Å². The molecule has 9 aromatic rings. The van der Waals surface area contributed by atoms with Gasteiger partial charge in [0, 0.05) is 46.9 Å². The maximum absolute atomic E-state index is 12.4. The molecule has 0 amide bonds. The van der Waals surface area contributed by atoms with Crippen molar-refractivity contribution in [2.45, 2.75) is 13.7 Å². The van der Waals surface area contributed by atoms with Crippen molar-refractivity contribution in [2.24, 2.45) is 0 Å². The zero-order valence-corrected chi connectivity index (χ0v) is 31.6. The van der Waals surface area contributed by atoms with Crippen molar-refractivity contribution in [1.29, 1.82) is 0 Å². The molecule has 8 heteroatoms. The predicted molar refractivity (Wildman–Crippen MR) is 232 cm³/mol. The number of nitro groups is 1. The summed E-state index contributed by atoms with van der Waals surface area (Å²) >= 11 is 3.48. The number of aromatic nitrogens is 2. The number of para-hydroxylation sites is 2. The van der Waals surface area contributed by atoms with Crippen LogP contribution in [0.15, 0.2) is 174 Å². The Morgan fingerprint density at radius 3 is 2.11 bits per heavy atom. The van der Waals surface area contributed by atoms with Gasteiger partial charge in [0.2, 0.25) is 0 Å². The van der Waals surface area contributed by atoms with E-state index < -0.39 is 13.7 Å². The van der Waals surface area contributed by atoms with E-state index in [9.17, 15) is 10.1 Å². The molecule has 2 aromatic heterocycles. The molecule has 0 unspecified atom stereocenters. The van der Waals surface area contributed by atoms with Crippen molar-refractivity contribution in [3.05, 3.63) is 196 Å². The molecule has 0 aliphatic heterocycles. The Bertz CT molecular complexity index is 3210. The largest absolute Gasteiger partial charge is 0.457 e. The molecule has 0 N–H and O–H groups in total. The van der Waals surface area contributed by atoms with Crippen LogP contribution in [0.1, 0.15) is 19.4 Å². The van der Waals surface area contributed by atoms with Gasteiger partial charge in [0.25, 0.3) is 5.69 Å². The van der Waals surface area contributed by atoms with Crippen LogP contribution in [0.4, 0.5) is 5.69 Å². The highest BCUT2D eigenvalue weighted by molar-refractivity contribution is 9.10. The SMILES string of the molecule is [2H]C([2H])([2H])c1ccc2c(c1)c1ccc(Oc3cccc(Br)c3)cc1n2-c1cc(C([2H])([2H])[2H])c(-c2ccccc2Oc2ccc(-c3cccc(-c4ccccc4)c3[N+](=O)[O-])cc2)cn1. The Balaban J connectivity index is 1.11. The molecular formula is C49H34BrN3O4. The Kier molecular flexibility index (Phi) is 7.65. The van der Waals surface area contributed by atoms with Crippen LogP contribution >= 0.6 is 15.9 Å². The number of fused-ring (bicyclic) bond motifs is 3. The van der Waals surface area contributed by atoms with Gasteiger partial charge < -0.3 is 9.47 Å². The minimum Gasteiger partial charge on any atom is -0.457 e. The van der Waals surface area contributed by atoms with Crippen LogP contribution in [0.25, 0.3) is 61.0 Å². The average molecular weight is 815 g/mol. The summed E-state index contributed by atoms with van der Waals surface area (Å²) in [4.78, 5) is 16.9. The van der Waals surface area contributed by atoms with Gasteiger partial charge in [-0.3, -0.25) is 14.7 Å². The second-order valence-electron chi connectivity index (χ2n) is 13.3. The maximum Gasteiger partial charge on any atom is 0.284 e. The van der Waals surface area contributed by atoms with Crippen LogP contribution in [-0.2, 0) is 0 Å². The summed E-state index contributed by atoms with van der Waals surface area (Å²) in [6.07, 6.45) is 1.51. The van der Waals surface area contributed by atoms with E-state index in [4.69, 9.17) is 22.7 Å². The van der Waals surface area contributed by atoms with Crippen LogP contribution in [0, 0.1) is 23.8 Å². The minimum absolute atomic E-state index is 0.00789. The molecule has 0 aliphatic carbocycles. The number of pyridine rings is 1. The normalized spacial score (nSPS) is 13.2. The van der Waals surface area contributed by atoms with Gasteiger partial charge >= 0.3 is 0 Å². The second kappa shape index (κ2) is 14.9. The van der Waals surface area contributed by atoms with Crippen molar-refractivity contribution >= 4 is 43.4 Å². The molecular weight excluding hydrogens is 774 g/mol. The van der Waals surface area contributed by atoms with Gasteiger partial charge in [-0.2, -0.15) is 0 Å². The van der Waals surface area contributed by atoms with Gasteiger partial charge in [-0.15, -0.1) is 0 Å². The Morgan fingerprint density at radius 1 is 0.614 bits per heavy atom. The Labute approximate surface area is 346 Å². The third-order valence-electron chi connectivity index (χ3n) is 9.76. The monoisotopic (exact) mass is 813 g/mol. The minimum atomic E-state index is -2.60. The summed E-state index contributed by atoms with van der Waals surface area (Å²) < 4.78 is 65.7. The first-order chi connectivity index (χ1) is 30.2. The molecule has 9 rings (SSSR count). The maximum atomic E-state index is 12.4. The van der Waals surface area contributed by atoms with Crippen LogP contribution in [-0.4, -0.2) is 14.5 Å². The molecule has 7 nitrogen and oxygen atoms in total. The highest BCUT2D eigenvalue weighted by Gasteiger charge is 2.22. The molecule has 0 saturated carbocycles. The summed E-state index contributed by atoms with van der Waals surface area (Å²) in [6.45, 7) is -4.96. The van der Waals surface area contributed by atoms with Crippen LogP contribution in [0.5, 0.6) is 23.0 Å². The van der Waals surface area contributed by atoms with Crippen LogP contribution in [0.2, 0.25) is 0 Å². The molecule has 0 bridgehead atoms. The summed E-state index contributed by atoms with van der Waals surface area (Å²) in [5.74, 6) is 2.19. The molecule has 57 heavy (non-hydrogen) atoms. The van der Waals surface area contributed by atoms with E-state index in [1.807, 2.05) is 71.3 Å². The van der Waals surface area contributed by atoms with Crippen molar-refractivity contribution in [3.63, 3.8) is 0 Å². The van der Waals surface area contributed by atoms with E-state index in [0.29, 0.717) is 73.1 Å². The van der Waals surface area contributed by atoms with Gasteiger partial charge in [-0.25, -0.2) is 4.98 Å². The molecule has 0 fully saturated rings. The van der Waals surface area contributed by atoms with E-state index in [1.54, 1.807) is 91.0 Å². The molecule has 0 atom stereocenters. The first-order valence-electron chi connectivity index (χ1n) is 21.0. The Hall–Kier alpha value is -7.03. The number of hydrogen-bond acceptors (Lipinski definition) is 5. The third kappa shape index (κ3) is 6.92. The van der Waals surface area contributed by atoms with Gasteiger partial charge in [-0.05, 0) is 109 Å². The molecule has 0 radical (unpaired) electrons. The van der Waals surface area contributed by atoms with Crippen molar-refractivity contribution < 1.29 is 22.6 Å². The average Bonchev–Trinajstić information content (AvgIpc) is 3.59. The van der Waals surface area contributed by atoms with Crippen LogP contribution < -0.4 is 9.47 Å². The first kappa shape index (κ1) is 29.3. The highest BCUT2D eigenvalue weighted by atomic mass is 79.9. The quantitative estimate of drug-likeness (QED) is 0.107. The number of ether oxygens (including phenoxy) is 2. The number of nitrogens with zero attached hydrogens (tertiary/aromatic N) is 3. The molecule has 276 valence electrons. The molecule has 2 heterocycles. The number of hydrogen-bond donors (Lipinski definition) is 0. The van der Waals surface area contributed by atoms with E-state index in [-0.39, 0.29) is 21.7 Å². The van der Waals surface area contributed by atoms with Crippen LogP contribution in [0.3, 0.4) is 0 Å². The molecule has 7 aromatic carbocycles. The molecule has 0 aliphatic rings. The van der Waals surface area contributed by atoms with Crippen molar-refractivity contribution in [3.8, 4) is 62.2 Å². The van der Waals surface area contributed by atoms with Crippen molar-refractivity contribution in [2.75, 3.05) is 0 Å². The topological polar surface area (TPSA) is 79.4 Å². The number of nitro benzene ring substituents is 1. The fourth-order valence-corrected chi connectivity index (χ4v) is 7.57. The number of benzene rings is 7. The van der Waals surface area contributed by atoms with Gasteiger partial charge in [-0.1, -0.05) is 100 Å². The lowest BCUT2D eigenvalue weighted by atomic mass is 9.96. The van der Waals surface area contributed by atoms with E-state index in [2.05, 4.69) is 15.9 Å². The fourth-order valence-electron chi connectivity index (χ4n) is 7.19. The smallest absolute Gasteiger partial charge is 0.284 e. The van der Waals surface area contributed by atoms with Gasteiger partial charge in [0.15, 0.2) is 0 Å². The summed E-state index contributed by atoms with van der Waals surface area (Å²) in [7, 11) is 0. The lowest BCUT2D eigenvalue weighted by molar-refractivity contribution is -0.383. The lowest BCUT2D eigenvalue weighted by Crippen LogP contribution is -2.00. The summed E-state index contributed by atoms with van der Waals surface area (Å²) in [6, 6.07) is 47.7. The third-order valence-corrected chi connectivity index (χ3v) is 10.3. The Morgan fingerprint density at radius 2 is 1.33 bits per heavy atom. The molecule has 0 saturated heterocycles. The van der Waals surface area contributed by atoms with Gasteiger partial charge in [0.1, 0.15) is 28.8 Å². The number of aryl methyl sites for hydroxylation is 2. The van der Waals surface area contributed by atoms with E-state index in [0.717, 1.165) is 15.4 Å². The predicted octanol–water partition coefficient (Wildman–Crippen LogP) is 14.1. The molecule has 0 spiro atoms. The van der Waals surface area contributed by atoms with E-state index >= 15 is 0 Å². The first-order valence-corrected chi connectivity index (χ1v) is 18.8. The highest BCUT2D eigenvalue weighted by Crippen LogP contribution is 2.41. The zero-order chi connectivity index (χ0) is 44.0. The second-order valence-corrected chi connectivity index (χ2v) is 14.3. The summed E-state index contributed by atoms with van der Waals surface area (Å²) in [5.41, 5.74) is 4.54. The standard InChI is InChI=1S/C49H34BrN3O4/c1-31-18-25-45-43(26-31)41-24-23-38(56-37-13-8-12-35(50)28-37)29-46(41)52(45)48-27-32(2)44(30-51-48)42-14-6-7-17-47(42)57-36-21-19-34(20-22-36)40-16-9-15-39(49(40)53(54)55)33-10-4-3-5-11-33/h3-30H,1-2H3/i1D3,2D3. The summed E-state index contributed by atoms with van der Waals surface area (Å²) in [5, 5.41) is 13.8. The number of rotatable bonds is 9. The lowest BCUT2D eigenvalue weighted by Gasteiger charge is -2.15. The van der Waals surface area contributed by atoms with E-state index in [1.165, 1.54) is 12.3 Å². The number of halogens is 1. The van der Waals surface area contributed by atoms with Gasteiger partial charge in [0.05, 0.1) is 27.1 Å². The fraction of sp³-hybridized carbons (Fsp3) is 0.0408. The zero-order valence-electron chi connectivity index (χ0n) is 36.0.